The van der Waals surface area contributed by atoms with Gasteiger partial charge in [-0.1, -0.05) is 42.5 Å². The summed E-state index contributed by atoms with van der Waals surface area (Å²) in [4.78, 5) is 28.2. The molecule has 7 heteroatoms. The Labute approximate surface area is 187 Å². The van der Waals surface area contributed by atoms with E-state index in [1.54, 1.807) is 12.1 Å². The van der Waals surface area contributed by atoms with Crippen LogP contribution in [0.15, 0.2) is 72.8 Å². The molecule has 1 N–H and O–H groups in total. The fourth-order valence-corrected chi connectivity index (χ4v) is 3.83. The highest BCUT2D eigenvalue weighted by molar-refractivity contribution is 5.95. The fraction of sp³-hybridized carbons (Fsp3) is 0.240. The maximum atomic E-state index is 13.0. The van der Waals surface area contributed by atoms with Crippen LogP contribution in [0.1, 0.15) is 15.9 Å². The number of hydrogen-bond donors (Lipinski definition) is 1. The van der Waals surface area contributed by atoms with Gasteiger partial charge in [-0.05, 0) is 48.0 Å². The summed E-state index contributed by atoms with van der Waals surface area (Å²) >= 11 is 0. The van der Waals surface area contributed by atoms with Gasteiger partial charge in [0, 0.05) is 44.4 Å². The van der Waals surface area contributed by atoms with Gasteiger partial charge in [0.2, 0.25) is 0 Å². The molecule has 7 nitrogen and oxygen atoms in total. The fourth-order valence-electron chi connectivity index (χ4n) is 3.83. The Kier molecular flexibility index (Phi) is 6.47. The van der Waals surface area contributed by atoms with Gasteiger partial charge in [0.15, 0.2) is 0 Å². The number of carbonyl (C=O) groups is 1. The van der Waals surface area contributed by atoms with Crippen molar-refractivity contribution >= 4 is 17.3 Å². The van der Waals surface area contributed by atoms with Crippen LogP contribution >= 0.6 is 0 Å². The summed E-state index contributed by atoms with van der Waals surface area (Å²) in [5, 5.41) is 14.7. The van der Waals surface area contributed by atoms with E-state index >= 15 is 0 Å². The predicted molar refractivity (Wildman–Crippen MR) is 126 cm³/mol. The van der Waals surface area contributed by atoms with Gasteiger partial charge in [-0.15, -0.1) is 0 Å². The van der Waals surface area contributed by atoms with Crippen LogP contribution in [0.4, 0.5) is 11.4 Å². The van der Waals surface area contributed by atoms with E-state index in [1.165, 1.54) is 6.07 Å². The first kappa shape index (κ1) is 21.5. The maximum Gasteiger partial charge on any atom is 0.292 e. The summed E-state index contributed by atoms with van der Waals surface area (Å²) in [6.07, 6.45) is 0. The lowest BCUT2D eigenvalue weighted by molar-refractivity contribution is -0.384. The molecule has 1 aliphatic rings. The number of benzene rings is 3. The topological polar surface area (TPSA) is 78.7 Å². The standard InChI is InChI=1S/C25H26N4O3/c1-27-12-14-28(15-13-27)25(30)22-9-5-8-20(16-22)21-10-11-24(29(31)32)23(17-21)26-18-19-6-3-2-4-7-19/h2-11,16-17,26H,12-15,18H2,1H3. The smallest absolute Gasteiger partial charge is 0.292 e. The minimum Gasteiger partial charge on any atom is -0.375 e. The van der Waals surface area contributed by atoms with Crippen LogP contribution in [0, 0.1) is 10.1 Å². The van der Waals surface area contributed by atoms with Crippen molar-refractivity contribution in [3.63, 3.8) is 0 Å². The SMILES string of the molecule is CN1CCN(C(=O)c2cccc(-c3ccc([N+](=O)[O-])c(NCc4ccccc4)c3)c2)CC1. The number of nitro benzene ring substituents is 1. The Morgan fingerprint density at radius 2 is 1.66 bits per heavy atom. The largest absolute Gasteiger partial charge is 0.375 e. The number of nitro groups is 1. The number of nitrogens with one attached hydrogen (secondary N) is 1. The molecule has 1 aliphatic heterocycles. The number of likely N-dealkylation sites (N-methyl/N-ethyl adjacent to an activating group) is 1. The van der Waals surface area contributed by atoms with Crippen LogP contribution in [0.2, 0.25) is 0 Å². The highest BCUT2D eigenvalue weighted by Crippen LogP contribution is 2.31. The average molecular weight is 431 g/mol. The van der Waals surface area contributed by atoms with Crippen molar-refractivity contribution in [2.75, 3.05) is 38.5 Å². The molecule has 1 heterocycles. The zero-order valence-corrected chi connectivity index (χ0v) is 18.0. The van der Waals surface area contributed by atoms with E-state index in [9.17, 15) is 14.9 Å². The van der Waals surface area contributed by atoms with Gasteiger partial charge in [-0.25, -0.2) is 0 Å². The lowest BCUT2D eigenvalue weighted by Crippen LogP contribution is -2.47. The van der Waals surface area contributed by atoms with E-state index in [1.807, 2.05) is 59.5 Å². The van der Waals surface area contributed by atoms with Gasteiger partial charge in [0.05, 0.1) is 4.92 Å². The van der Waals surface area contributed by atoms with E-state index in [2.05, 4.69) is 17.3 Å². The van der Waals surface area contributed by atoms with Gasteiger partial charge in [0.25, 0.3) is 11.6 Å². The number of anilines is 1. The van der Waals surface area contributed by atoms with Crippen molar-refractivity contribution in [2.24, 2.45) is 0 Å². The molecule has 32 heavy (non-hydrogen) atoms. The summed E-state index contributed by atoms with van der Waals surface area (Å²) < 4.78 is 0. The second-order valence-electron chi connectivity index (χ2n) is 8.00. The first-order valence-electron chi connectivity index (χ1n) is 10.7. The molecule has 1 saturated heterocycles. The number of rotatable bonds is 6. The summed E-state index contributed by atoms with van der Waals surface area (Å²) in [6.45, 7) is 3.64. The Balaban J connectivity index is 1.58. The monoisotopic (exact) mass is 430 g/mol. The third-order valence-corrected chi connectivity index (χ3v) is 5.75. The van der Waals surface area contributed by atoms with Crippen molar-refractivity contribution in [1.29, 1.82) is 0 Å². The Hall–Kier alpha value is -3.71. The van der Waals surface area contributed by atoms with Crippen molar-refractivity contribution in [3.8, 4) is 11.1 Å². The molecule has 1 fully saturated rings. The number of hydrogen-bond acceptors (Lipinski definition) is 5. The van der Waals surface area contributed by atoms with Gasteiger partial charge < -0.3 is 15.1 Å². The van der Waals surface area contributed by atoms with Gasteiger partial charge in [0.1, 0.15) is 5.69 Å². The van der Waals surface area contributed by atoms with Crippen LogP contribution in [0.5, 0.6) is 0 Å². The zero-order valence-electron chi connectivity index (χ0n) is 18.0. The molecular weight excluding hydrogens is 404 g/mol. The van der Waals surface area contributed by atoms with Crippen LogP contribution in [0.25, 0.3) is 11.1 Å². The second kappa shape index (κ2) is 9.62. The van der Waals surface area contributed by atoms with Crippen molar-refractivity contribution in [3.05, 3.63) is 94.0 Å². The summed E-state index contributed by atoms with van der Waals surface area (Å²) in [5.41, 5.74) is 3.81. The molecule has 0 saturated carbocycles. The van der Waals surface area contributed by atoms with Crippen LogP contribution in [-0.2, 0) is 6.54 Å². The predicted octanol–water partition coefficient (Wildman–Crippen LogP) is 4.26. The number of nitrogens with zero attached hydrogens (tertiary/aromatic N) is 3. The van der Waals surface area contributed by atoms with Crippen molar-refractivity contribution < 1.29 is 9.72 Å². The van der Waals surface area contributed by atoms with E-state index in [0.29, 0.717) is 30.9 Å². The quantitative estimate of drug-likeness (QED) is 0.467. The molecule has 0 unspecified atom stereocenters. The lowest BCUT2D eigenvalue weighted by atomic mass is 10.0. The van der Waals surface area contributed by atoms with Gasteiger partial charge in [-0.3, -0.25) is 14.9 Å². The molecule has 0 bridgehead atoms. The van der Waals surface area contributed by atoms with Gasteiger partial charge >= 0.3 is 0 Å². The Morgan fingerprint density at radius 3 is 2.38 bits per heavy atom. The summed E-state index contributed by atoms with van der Waals surface area (Å²) in [5.74, 6) is 0.0179. The molecule has 164 valence electrons. The van der Waals surface area contributed by atoms with Crippen LogP contribution in [0.3, 0.4) is 0 Å². The van der Waals surface area contributed by atoms with Gasteiger partial charge in [-0.2, -0.15) is 0 Å². The van der Waals surface area contributed by atoms with Crippen molar-refractivity contribution in [1.82, 2.24) is 9.80 Å². The average Bonchev–Trinajstić information content (AvgIpc) is 2.83. The van der Waals surface area contributed by atoms with E-state index in [0.717, 1.165) is 29.8 Å². The number of piperazine rings is 1. The normalized spacial score (nSPS) is 14.2. The molecule has 0 aromatic heterocycles. The minimum absolute atomic E-state index is 0.0179. The summed E-state index contributed by atoms with van der Waals surface area (Å²) in [7, 11) is 2.06. The molecular formula is C25H26N4O3. The van der Waals surface area contributed by atoms with E-state index < -0.39 is 0 Å². The molecule has 0 aliphatic carbocycles. The highest BCUT2D eigenvalue weighted by Gasteiger charge is 2.21. The number of amides is 1. The maximum absolute atomic E-state index is 13.0. The molecule has 4 rings (SSSR count). The van der Waals surface area contributed by atoms with E-state index in [-0.39, 0.29) is 16.5 Å². The summed E-state index contributed by atoms with van der Waals surface area (Å²) in [6, 6.07) is 22.2. The van der Waals surface area contributed by atoms with Crippen LogP contribution < -0.4 is 5.32 Å². The molecule has 0 atom stereocenters. The van der Waals surface area contributed by atoms with E-state index in [4.69, 9.17) is 0 Å². The molecule has 0 radical (unpaired) electrons. The molecule has 3 aromatic carbocycles. The minimum atomic E-state index is -0.384. The first-order chi connectivity index (χ1) is 15.5. The third-order valence-electron chi connectivity index (χ3n) is 5.75. The highest BCUT2D eigenvalue weighted by atomic mass is 16.6. The first-order valence-corrected chi connectivity index (χ1v) is 10.7. The lowest BCUT2D eigenvalue weighted by Gasteiger charge is -2.32. The van der Waals surface area contributed by atoms with Crippen LogP contribution in [-0.4, -0.2) is 53.9 Å². The zero-order chi connectivity index (χ0) is 22.5. The van der Waals surface area contributed by atoms with Crippen molar-refractivity contribution in [2.45, 2.75) is 6.54 Å². The third kappa shape index (κ3) is 4.95. The second-order valence-corrected chi connectivity index (χ2v) is 8.00. The number of carbonyl (C=O) groups excluding carboxylic acids is 1. The Morgan fingerprint density at radius 1 is 0.938 bits per heavy atom. The molecule has 0 spiro atoms. The Bertz CT molecular complexity index is 1110. The molecule has 1 amide bonds. The molecule has 3 aromatic rings.